The molecule has 3 aromatic rings. The van der Waals surface area contributed by atoms with Gasteiger partial charge in [0.15, 0.2) is 29.0 Å². The molecule has 1 unspecified atom stereocenters. The number of rotatable bonds is 5. The smallest absolute Gasteiger partial charge is 0.410 e. The highest BCUT2D eigenvalue weighted by Crippen LogP contribution is 2.38. The van der Waals surface area contributed by atoms with Crippen LogP contribution in [0.1, 0.15) is 60.5 Å². The van der Waals surface area contributed by atoms with Crippen molar-refractivity contribution in [2.24, 2.45) is 0 Å². The molecule has 3 aliphatic rings. The van der Waals surface area contributed by atoms with Crippen molar-refractivity contribution in [1.82, 2.24) is 24.3 Å². The Bertz CT molecular complexity index is 1580. The number of carbonyl (C=O) groups is 3. The van der Waals surface area contributed by atoms with E-state index in [9.17, 15) is 14.4 Å². The molecule has 2 amide bonds. The standard InChI is InChI=1S/C30H32FIN6O5/c1-30(2,3)42-29(41)36-11-9-35(10-12-36)19-6-7-23(33-15-19)18-13-20-21(22(31)14-18)16-38(27(20)39)26(28(40)43-32)25-24-5-4-8-37(24)17-34-25/h6-7,13-15,17,26H,4-5,8-12,16H2,1-3H3. The molecule has 1 aromatic carbocycles. The molecule has 2 aromatic heterocycles. The molecule has 3 aliphatic heterocycles. The first-order valence-corrected chi connectivity index (χ1v) is 15.1. The van der Waals surface area contributed by atoms with Crippen LogP contribution in [-0.4, -0.2) is 74.1 Å². The van der Waals surface area contributed by atoms with E-state index in [1.54, 1.807) is 29.6 Å². The number of fused-ring (bicyclic) bond motifs is 2. The highest BCUT2D eigenvalue weighted by atomic mass is 127. The van der Waals surface area contributed by atoms with E-state index < -0.39 is 29.3 Å². The average Bonchev–Trinajstić information content (AvgIpc) is 3.69. The molecule has 0 N–H and O–H groups in total. The van der Waals surface area contributed by atoms with Crippen molar-refractivity contribution in [3.63, 3.8) is 0 Å². The van der Waals surface area contributed by atoms with Crippen molar-refractivity contribution >= 4 is 46.7 Å². The van der Waals surface area contributed by atoms with Gasteiger partial charge in [-0.3, -0.25) is 9.78 Å². The minimum atomic E-state index is -1.07. The Hall–Kier alpha value is -3.75. The van der Waals surface area contributed by atoms with Gasteiger partial charge in [-0.25, -0.2) is 19.0 Å². The normalized spacial score (nSPS) is 17.1. The summed E-state index contributed by atoms with van der Waals surface area (Å²) in [4.78, 5) is 53.1. The van der Waals surface area contributed by atoms with Gasteiger partial charge >= 0.3 is 12.1 Å². The first kappa shape index (κ1) is 29.3. The number of halogens is 2. The van der Waals surface area contributed by atoms with Crippen LogP contribution in [0.15, 0.2) is 36.8 Å². The number of anilines is 1. The molecule has 5 heterocycles. The third-order valence-electron chi connectivity index (χ3n) is 8.02. The van der Waals surface area contributed by atoms with Gasteiger partial charge in [-0.15, -0.1) is 0 Å². The second-order valence-electron chi connectivity index (χ2n) is 11.9. The van der Waals surface area contributed by atoms with Gasteiger partial charge in [0.25, 0.3) is 5.91 Å². The fourth-order valence-corrected chi connectivity index (χ4v) is 6.16. The van der Waals surface area contributed by atoms with Gasteiger partial charge in [-0.1, -0.05) is 0 Å². The van der Waals surface area contributed by atoms with E-state index in [0.717, 1.165) is 30.8 Å². The van der Waals surface area contributed by atoms with Gasteiger partial charge in [0.2, 0.25) is 0 Å². The van der Waals surface area contributed by atoms with Crippen LogP contribution in [0.3, 0.4) is 0 Å². The monoisotopic (exact) mass is 702 g/mol. The summed E-state index contributed by atoms with van der Waals surface area (Å²) in [6, 6.07) is 5.63. The number of piperazine rings is 1. The molecule has 0 saturated carbocycles. The average molecular weight is 703 g/mol. The lowest BCUT2D eigenvalue weighted by atomic mass is 10.0. The summed E-state index contributed by atoms with van der Waals surface area (Å²) in [6.07, 6.45) is 4.74. The molecule has 11 nitrogen and oxygen atoms in total. The third kappa shape index (κ3) is 5.66. The van der Waals surface area contributed by atoms with E-state index >= 15 is 4.39 Å². The van der Waals surface area contributed by atoms with Crippen molar-refractivity contribution in [1.29, 1.82) is 0 Å². The molecule has 0 bridgehead atoms. The van der Waals surface area contributed by atoms with Crippen LogP contribution in [0.2, 0.25) is 0 Å². The molecule has 1 saturated heterocycles. The number of carbonyl (C=O) groups excluding carboxylic acids is 3. The Kier molecular flexibility index (Phi) is 7.77. The van der Waals surface area contributed by atoms with E-state index in [1.807, 2.05) is 31.4 Å². The minimum absolute atomic E-state index is 0.0649. The molecule has 43 heavy (non-hydrogen) atoms. The quantitative estimate of drug-likeness (QED) is 0.353. The highest BCUT2D eigenvalue weighted by Gasteiger charge is 2.42. The molecular weight excluding hydrogens is 670 g/mol. The molecule has 1 atom stereocenters. The zero-order chi connectivity index (χ0) is 30.5. The van der Waals surface area contributed by atoms with Gasteiger partial charge < -0.3 is 27.1 Å². The Morgan fingerprint density at radius 2 is 1.84 bits per heavy atom. The second kappa shape index (κ2) is 11.4. The molecule has 0 radical (unpaired) electrons. The number of aromatic nitrogens is 3. The summed E-state index contributed by atoms with van der Waals surface area (Å²) in [5.74, 6) is -1.62. The fraction of sp³-hybridized carbons (Fsp3) is 0.433. The number of imidazole rings is 1. The summed E-state index contributed by atoms with van der Waals surface area (Å²) >= 11 is 1.51. The van der Waals surface area contributed by atoms with Crippen molar-refractivity contribution in [2.75, 3.05) is 31.1 Å². The van der Waals surface area contributed by atoms with Crippen LogP contribution >= 0.6 is 23.0 Å². The number of amides is 2. The molecule has 1 fully saturated rings. The highest BCUT2D eigenvalue weighted by molar-refractivity contribution is 14.1. The number of benzene rings is 1. The predicted molar refractivity (Wildman–Crippen MR) is 163 cm³/mol. The van der Waals surface area contributed by atoms with Crippen LogP contribution < -0.4 is 4.90 Å². The van der Waals surface area contributed by atoms with Crippen LogP contribution in [-0.2, 0) is 32.1 Å². The van der Waals surface area contributed by atoms with Crippen molar-refractivity contribution in [2.45, 2.75) is 58.3 Å². The zero-order valence-electron chi connectivity index (χ0n) is 24.2. The van der Waals surface area contributed by atoms with Gasteiger partial charge in [0.05, 0.1) is 36.1 Å². The van der Waals surface area contributed by atoms with Crippen molar-refractivity contribution in [3.05, 3.63) is 65.1 Å². The number of hydrogen-bond acceptors (Lipinski definition) is 8. The van der Waals surface area contributed by atoms with E-state index in [2.05, 4.69) is 14.9 Å². The van der Waals surface area contributed by atoms with Gasteiger partial charge in [0.1, 0.15) is 11.4 Å². The van der Waals surface area contributed by atoms with E-state index in [1.165, 1.54) is 34.0 Å². The van der Waals surface area contributed by atoms with Crippen LogP contribution in [0, 0.1) is 5.82 Å². The molecule has 0 spiro atoms. The van der Waals surface area contributed by atoms with Crippen molar-refractivity contribution < 1.29 is 26.6 Å². The molecule has 226 valence electrons. The van der Waals surface area contributed by atoms with Crippen LogP contribution in [0.25, 0.3) is 11.3 Å². The molecular formula is C30H32FIN6O5. The van der Waals surface area contributed by atoms with Gasteiger partial charge in [0, 0.05) is 55.1 Å². The Labute approximate surface area is 262 Å². The number of pyridine rings is 1. The van der Waals surface area contributed by atoms with Crippen LogP contribution in [0.5, 0.6) is 0 Å². The fourth-order valence-electron chi connectivity index (χ4n) is 5.92. The van der Waals surface area contributed by atoms with E-state index in [4.69, 9.17) is 7.80 Å². The molecule has 6 rings (SSSR count). The maximum atomic E-state index is 15.5. The summed E-state index contributed by atoms with van der Waals surface area (Å²) in [6.45, 7) is 8.57. The van der Waals surface area contributed by atoms with Gasteiger partial charge in [-0.2, -0.15) is 0 Å². The Balaban J connectivity index is 1.19. The lowest BCUT2D eigenvalue weighted by molar-refractivity contribution is -0.136. The van der Waals surface area contributed by atoms with Crippen molar-refractivity contribution in [3.8, 4) is 11.3 Å². The summed E-state index contributed by atoms with van der Waals surface area (Å²) in [5.41, 5.74) is 3.11. The number of ether oxygens (including phenoxy) is 1. The summed E-state index contributed by atoms with van der Waals surface area (Å²) in [5, 5.41) is 0. The van der Waals surface area contributed by atoms with E-state index in [0.29, 0.717) is 43.1 Å². The molecule has 0 aliphatic carbocycles. The maximum absolute atomic E-state index is 15.5. The first-order valence-electron chi connectivity index (χ1n) is 14.2. The Morgan fingerprint density at radius 3 is 2.51 bits per heavy atom. The van der Waals surface area contributed by atoms with Crippen LogP contribution in [0.4, 0.5) is 14.9 Å². The minimum Gasteiger partial charge on any atom is -0.444 e. The number of nitrogens with zero attached hydrogens (tertiary/aromatic N) is 6. The first-order chi connectivity index (χ1) is 20.5. The topological polar surface area (TPSA) is 110 Å². The SMILES string of the molecule is CC(C)(C)OC(=O)N1CCN(c2ccc(-c3cc(F)c4c(c3)C(=O)N(C(C(=O)OI)c3ncn5c3CCC5)C4)nc2)CC1. The molecule has 13 heteroatoms. The predicted octanol–water partition coefficient (Wildman–Crippen LogP) is 4.68. The lowest BCUT2D eigenvalue weighted by Crippen LogP contribution is -2.50. The maximum Gasteiger partial charge on any atom is 0.410 e. The zero-order valence-corrected chi connectivity index (χ0v) is 26.3. The largest absolute Gasteiger partial charge is 0.444 e. The second-order valence-corrected chi connectivity index (χ2v) is 12.4. The summed E-state index contributed by atoms with van der Waals surface area (Å²) < 4.78 is 28.0. The van der Waals surface area contributed by atoms with E-state index in [-0.39, 0.29) is 23.8 Å². The number of hydrogen-bond donors (Lipinski definition) is 0. The van der Waals surface area contributed by atoms with Gasteiger partial charge in [-0.05, 0) is 57.9 Å². The lowest BCUT2D eigenvalue weighted by Gasteiger charge is -2.36. The summed E-state index contributed by atoms with van der Waals surface area (Å²) in [7, 11) is 0. The number of aryl methyl sites for hydroxylation is 1. The Morgan fingerprint density at radius 1 is 1.07 bits per heavy atom. The third-order valence-corrected chi connectivity index (χ3v) is 8.45.